The third-order valence-corrected chi connectivity index (χ3v) is 4.82. The highest BCUT2D eigenvalue weighted by atomic mass is 16.6. The summed E-state index contributed by atoms with van der Waals surface area (Å²) in [4.78, 5) is 60.8. The van der Waals surface area contributed by atoms with Crippen LogP contribution in [0.1, 0.15) is 75.9 Å². The fourth-order valence-electron chi connectivity index (χ4n) is 2.94. The number of epoxide rings is 1. The molecule has 0 bridgehead atoms. The van der Waals surface area contributed by atoms with Crippen molar-refractivity contribution in [2.75, 3.05) is 41.1 Å². The summed E-state index contributed by atoms with van der Waals surface area (Å²) < 4.78 is 19.0. The third kappa shape index (κ3) is 14.1. The molecule has 1 aliphatic rings. The van der Waals surface area contributed by atoms with Gasteiger partial charge in [-0.1, -0.05) is 46.7 Å². The second-order valence-electron chi connectivity index (χ2n) is 8.68. The van der Waals surface area contributed by atoms with E-state index in [-0.39, 0.29) is 29.8 Å². The molecule has 1 aromatic rings. The number of primary amides is 1. The molecular formula is C26H47N5O9. The van der Waals surface area contributed by atoms with E-state index in [1.54, 1.807) is 21.1 Å². The fourth-order valence-corrected chi connectivity index (χ4v) is 2.94. The van der Waals surface area contributed by atoms with E-state index in [1.807, 2.05) is 41.5 Å². The average molecular weight is 574 g/mol. The lowest BCUT2D eigenvalue weighted by Crippen LogP contribution is -2.53. The molecule has 1 saturated heterocycles. The number of aromatic nitrogens is 1. The van der Waals surface area contributed by atoms with Crippen LogP contribution in [-0.4, -0.2) is 93.3 Å². The maximum Gasteiger partial charge on any atom is 0.287 e. The summed E-state index contributed by atoms with van der Waals surface area (Å²) in [5, 5.41) is 10.8. The first-order valence-electron chi connectivity index (χ1n) is 13.1. The Labute approximate surface area is 236 Å². The summed E-state index contributed by atoms with van der Waals surface area (Å²) in [5.74, 6) is -3.39. The molecule has 1 fully saturated rings. The summed E-state index contributed by atoms with van der Waals surface area (Å²) in [6.45, 7) is 13.2. The van der Waals surface area contributed by atoms with Crippen LogP contribution in [0.3, 0.4) is 0 Å². The summed E-state index contributed by atoms with van der Waals surface area (Å²) in [6.07, 6.45) is 0.421. The van der Waals surface area contributed by atoms with Gasteiger partial charge in [0.25, 0.3) is 11.8 Å². The quantitative estimate of drug-likeness (QED) is 0.245. The maximum atomic E-state index is 12.6. The topological polar surface area (TPSA) is 204 Å². The maximum absolute atomic E-state index is 12.6. The number of nitrogens with two attached hydrogens (primary N) is 1. The molecule has 2 rings (SSSR count). The lowest BCUT2D eigenvalue weighted by atomic mass is 9.93. The van der Waals surface area contributed by atoms with Crippen LogP contribution in [0.15, 0.2) is 10.6 Å². The number of ketones is 1. The number of ether oxygens (including phenoxy) is 3. The minimum atomic E-state index is -1.17. The van der Waals surface area contributed by atoms with Gasteiger partial charge in [0, 0.05) is 27.4 Å². The SMILES string of the molecule is CC.CC.COC.COCC(NC(=O)c1cc(C(N)=O)on1)C(=O)NCC(=O)N[C@@H](CC(C)C)C(=O)[C@@]1(C)CO1. The van der Waals surface area contributed by atoms with E-state index in [1.165, 1.54) is 7.11 Å². The van der Waals surface area contributed by atoms with Crippen molar-refractivity contribution in [3.8, 4) is 0 Å². The van der Waals surface area contributed by atoms with Crippen molar-refractivity contribution in [1.29, 1.82) is 0 Å². The molecule has 3 atom stereocenters. The predicted octanol–water partition coefficient (Wildman–Crippen LogP) is 0.838. The molecule has 14 nitrogen and oxygen atoms in total. The van der Waals surface area contributed by atoms with Crippen LogP contribution in [0.25, 0.3) is 0 Å². The van der Waals surface area contributed by atoms with Gasteiger partial charge in [-0.25, -0.2) is 0 Å². The number of hydrogen-bond acceptors (Lipinski definition) is 10. The van der Waals surface area contributed by atoms with E-state index >= 15 is 0 Å². The molecule has 0 spiro atoms. The Hall–Kier alpha value is -3.36. The Morgan fingerprint density at radius 1 is 1.05 bits per heavy atom. The van der Waals surface area contributed by atoms with Crippen molar-refractivity contribution < 1.29 is 42.7 Å². The number of hydrogen-bond donors (Lipinski definition) is 4. The van der Waals surface area contributed by atoms with Gasteiger partial charge in [-0.15, -0.1) is 0 Å². The third-order valence-electron chi connectivity index (χ3n) is 4.82. The van der Waals surface area contributed by atoms with Crippen molar-refractivity contribution in [2.45, 2.75) is 72.6 Å². The van der Waals surface area contributed by atoms with Gasteiger partial charge in [0.1, 0.15) is 11.6 Å². The highest BCUT2D eigenvalue weighted by Gasteiger charge is 2.50. The first-order chi connectivity index (χ1) is 18.9. The Morgan fingerprint density at radius 3 is 2.02 bits per heavy atom. The van der Waals surface area contributed by atoms with Crippen molar-refractivity contribution in [3.63, 3.8) is 0 Å². The van der Waals surface area contributed by atoms with Gasteiger partial charge in [-0.2, -0.15) is 0 Å². The summed E-state index contributed by atoms with van der Waals surface area (Å²) in [6, 6.07) is -0.887. The Bertz CT molecular complexity index is 929. The van der Waals surface area contributed by atoms with Gasteiger partial charge >= 0.3 is 0 Å². The monoisotopic (exact) mass is 573 g/mol. The van der Waals surface area contributed by atoms with Crippen LogP contribution in [0.4, 0.5) is 0 Å². The van der Waals surface area contributed by atoms with Crippen LogP contribution in [0, 0.1) is 5.92 Å². The molecule has 40 heavy (non-hydrogen) atoms. The summed E-state index contributed by atoms with van der Waals surface area (Å²) in [7, 11) is 4.57. The van der Waals surface area contributed by atoms with E-state index in [9.17, 15) is 24.0 Å². The zero-order chi connectivity index (χ0) is 31.5. The lowest BCUT2D eigenvalue weighted by molar-refractivity contribution is -0.131. The molecule has 2 heterocycles. The van der Waals surface area contributed by atoms with Crippen LogP contribution < -0.4 is 21.7 Å². The van der Waals surface area contributed by atoms with E-state index in [0.29, 0.717) is 13.0 Å². The van der Waals surface area contributed by atoms with Crippen LogP contribution in [0.5, 0.6) is 0 Å². The molecule has 1 aromatic heterocycles. The highest BCUT2D eigenvalue weighted by Crippen LogP contribution is 2.29. The highest BCUT2D eigenvalue weighted by molar-refractivity contribution is 5.99. The number of carbonyl (C=O) groups excluding carboxylic acids is 5. The summed E-state index contributed by atoms with van der Waals surface area (Å²) in [5.41, 5.74) is 3.89. The molecule has 1 unspecified atom stereocenters. The van der Waals surface area contributed by atoms with Crippen molar-refractivity contribution >= 4 is 29.4 Å². The number of rotatable bonds is 13. The normalized spacial score (nSPS) is 16.3. The number of nitrogens with zero attached hydrogens (tertiary/aromatic N) is 1. The van der Waals surface area contributed by atoms with Gasteiger partial charge in [0.05, 0.1) is 25.8 Å². The van der Waals surface area contributed by atoms with E-state index in [4.69, 9.17) is 15.2 Å². The first-order valence-corrected chi connectivity index (χ1v) is 13.1. The molecule has 230 valence electrons. The minimum absolute atomic E-state index is 0.143. The number of nitrogens with one attached hydrogen (secondary N) is 3. The Morgan fingerprint density at radius 2 is 1.60 bits per heavy atom. The number of methoxy groups -OCH3 is 2. The standard InChI is InChI=1S/C20H29N5O8.C2H6O.2C2H6/c1-10(2)5-11(16(27)20(3)9-32-20)23-15(26)7-22-18(29)13(8-31-4)24-19(30)12-6-14(17(21)28)33-25-12;1-3-2;2*1-2/h6,10-11,13H,5,7-9H2,1-4H3,(H2,21,28)(H,22,29)(H,23,26)(H,24,30);1-2H3;2*1-2H3/t11-,13?,20+;;;/m0.../s1. The lowest BCUT2D eigenvalue weighted by Gasteiger charge is -2.22. The molecule has 0 radical (unpaired) electrons. The number of Topliss-reactive ketones (excluding diaryl/α,β-unsaturated/α-hetero) is 1. The minimum Gasteiger partial charge on any atom is -0.388 e. The van der Waals surface area contributed by atoms with E-state index in [2.05, 4.69) is 30.4 Å². The molecule has 0 saturated carbocycles. The molecule has 1 aliphatic heterocycles. The molecule has 0 aromatic carbocycles. The second-order valence-corrected chi connectivity index (χ2v) is 8.68. The van der Waals surface area contributed by atoms with Gasteiger partial charge in [0.2, 0.25) is 17.6 Å². The first kappa shape index (κ1) is 38.8. The van der Waals surface area contributed by atoms with E-state index in [0.717, 1.165) is 6.07 Å². The molecular weight excluding hydrogens is 526 g/mol. The van der Waals surface area contributed by atoms with Gasteiger partial charge in [0.15, 0.2) is 11.5 Å². The van der Waals surface area contributed by atoms with Crippen LogP contribution in [-0.2, 0) is 28.6 Å². The molecule has 5 N–H and O–H groups in total. The summed E-state index contributed by atoms with van der Waals surface area (Å²) >= 11 is 0. The van der Waals surface area contributed by atoms with Crippen molar-refractivity contribution in [2.24, 2.45) is 11.7 Å². The zero-order valence-corrected chi connectivity index (χ0v) is 25.3. The fraction of sp³-hybridized carbons (Fsp3) is 0.692. The number of amides is 4. The molecule has 14 heteroatoms. The van der Waals surface area contributed by atoms with Crippen molar-refractivity contribution in [1.82, 2.24) is 21.1 Å². The molecule has 4 amide bonds. The Kier molecular flexibility index (Phi) is 19.9. The van der Waals surface area contributed by atoms with Gasteiger partial charge in [-0.05, 0) is 19.3 Å². The largest absolute Gasteiger partial charge is 0.388 e. The Balaban J connectivity index is 0. The van der Waals surface area contributed by atoms with Crippen molar-refractivity contribution in [3.05, 3.63) is 17.5 Å². The smallest absolute Gasteiger partial charge is 0.287 e. The van der Waals surface area contributed by atoms with Gasteiger partial charge in [-0.3, -0.25) is 24.0 Å². The van der Waals surface area contributed by atoms with E-state index < -0.39 is 47.9 Å². The predicted molar refractivity (Wildman–Crippen MR) is 148 cm³/mol. The zero-order valence-electron chi connectivity index (χ0n) is 25.3. The van der Waals surface area contributed by atoms with Crippen LogP contribution in [0.2, 0.25) is 0 Å². The average Bonchev–Trinajstić information content (AvgIpc) is 3.47. The molecule has 0 aliphatic carbocycles. The van der Waals surface area contributed by atoms with Crippen LogP contribution >= 0.6 is 0 Å². The number of carbonyl (C=O) groups is 5. The second kappa shape index (κ2) is 20.5. The van der Waals surface area contributed by atoms with Gasteiger partial charge < -0.3 is 40.4 Å².